The Morgan fingerprint density at radius 2 is 1.78 bits per heavy atom. The maximum absolute atomic E-state index is 13.1. The number of hydrogen-bond acceptors (Lipinski definition) is 5. The van der Waals surface area contributed by atoms with Gasteiger partial charge in [-0.1, -0.05) is 74.8 Å². The van der Waals surface area contributed by atoms with E-state index in [1.54, 1.807) is 17.9 Å². The van der Waals surface area contributed by atoms with Crippen LogP contribution in [0.15, 0.2) is 60.7 Å². The molecule has 9 heteroatoms. The van der Waals surface area contributed by atoms with E-state index < -0.39 is 0 Å². The van der Waals surface area contributed by atoms with Crippen LogP contribution >= 0.6 is 11.6 Å². The molecule has 3 aromatic rings. The summed E-state index contributed by atoms with van der Waals surface area (Å²) in [5.74, 6) is -0.193. The largest absolute Gasteiger partial charge is 0.383 e. The van der Waals surface area contributed by atoms with Crippen LogP contribution in [0.1, 0.15) is 32.0 Å². The average molecular weight is 513 g/mol. The quantitative estimate of drug-likeness (QED) is 0.410. The highest BCUT2D eigenvalue weighted by atomic mass is 35.5. The number of rotatable bonds is 11. The van der Waals surface area contributed by atoms with Crippen LogP contribution in [0.3, 0.4) is 0 Å². The Morgan fingerprint density at radius 3 is 2.44 bits per heavy atom. The number of carbonyl (C=O) groups excluding carboxylic acids is 2. The van der Waals surface area contributed by atoms with Crippen molar-refractivity contribution in [3.63, 3.8) is 0 Å². The molecule has 0 radical (unpaired) electrons. The Balaban J connectivity index is 1.72. The Hall–Kier alpha value is -3.20. The number of para-hydroxylation sites is 1. The number of carbonyl (C=O) groups is 2. The number of hydrogen-bond donors (Lipinski definition) is 1. The maximum atomic E-state index is 13.1. The number of nitrogens with zero attached hydrogens (tertiary/aromatic N) is 3. The maximum Gasteiger partial charge on any atom is 0.249 e. The summed E-state index contributed by atoms with van der Waals surface area (Å²) in [6.45, 7) is 6.68. The molecule has 0 saturated carbocycles. The summed E-state index contributed by atoms with van der Waals surface area (Å²) in [6, 6.07) is 18.7. The number of anilines is 1. The third-order valence-electron chi connectivity index (χ3n) is 5.42. The van der Waals surface area contributed by atoms with E-state index in [0.717, 1.165) is 11.3 Å². The summed E-state index contributed by atoms with van der Waals surface area (Å²) in [5, 5.41) is 8.10. The fourth-order valence-corrected chi connectivity index (χ4v) is 3.63. The Bertz CT molecular complexity index is 1160. The van der Waals surface area contributed by atoms with Crippen molar-refractivity contribution in [2.45, 2.75) is 32.8 Å². The number of ether oxygens (including phenoxy) is 2. The SMILES string of the molecule is COCCN(CC(=O)Nc1cc(C(C)(C)C)nn1-c1ccccc1Cl)C(=O)COCc1ccccc1. The highest BCUT2D eigenvalue weighted by molar-refractivity contribution is 6.32. The lowest BCUT2D eigenvalue weighted by Gasteiger charge is -2.22. The number of benzene rings is 2. The van der Waals surface area contributed by atoms with Gasteiger partial charge in [0, 0.05) is 25.1 Å². The molecular formula is C27H33ClN4O4. The second-order valence-electron chi connectivity index (χ2n) is 9.36. The number of aromatic nitrogens is 2. The van der Waals surface area contributed by atoms with Gasteiger partial charge in [-0.05, 0) is 17.7 Å². The van der Waals surface area contributed by atoms with Gasteiger partial charge in [-0.25, -0.2) is 4.68 Å². The van der Waals surface area contributed by atoms with Crippen molar-refractivity contribution in [2.75, 3.05) is 38.7 Å². The molecule has 1 aromatic heterocycles. The third-order valence-corrected chi connectivity index (χ3v) is 5.74. The molecule has 0 aliphatic heterocycles. The number of halogens is 1. The highest BCUT2D eigenvalue weighted by Gasteiger charge is 2.23. The predicted octanol–water partition coefficient (Wildman–Crippen LogP) is 4.45. The lowest BCUT2D eigenvalue weighted by molar-refractivity contribution is -0.139. The van der Waals surface area contributed by atoms with Crippen molar-refractivity contribution in [1.29, 1.82) is 0 Å². The summed E-state index contributed by atoms with van der Waals surface area (Å²) in [4.78, 5) is 27.3. The van der Waals surface area contributed by atoms with E-state index in [1.807, 2.05) is 75.4 Å². The van der Waals surface area contributed by atoms with Gasteiger partial charge in [-0.3, -0.25) is 9.59 Å². The van der Waals surface area contributed by atoms with Crippen LogP contribution < -0.4 is 5.32 Å². The van der Waals surface area contributed by atoms with E-state index in [1.165, 1.54) is 4.90 Å². The fraction of sp³-hybridized carbons (Fsp3) is 0.370. The minimum Gasteiger partial charge on any atom is -0.383 e. The van der Waals surface area contributed by atoms with Gasteiger partial charge in [0.2, 0.25) is 11.8 Å². The zero-order valence-electron chi connectivity index (χ0n) is 21.2. The third kappa shape index (κ3) is 7.65. The molecule has 3 rings (SSSR count). The van der Waals surface area contributed by atoms with Crippen molar-refractivity contribution >= 4 is 29.2 Å². The van der Waals surface area contributed by atoms with Crippen LogP contribution in [-0.4, -0.2) is 59.9 Å². The first-order valence-electron chi connectivity index (χ1n) is 11.7. The molecule has 2 aromatic carbocycles. The highest BCUT2D eigenvalue weighted by Crippen LogP contribution is 2.29. The predicted molar refractivity (Wildman–Crippen MR) is 140 cm³/mol. The van der Waals surface area contributed by atoms with E-state index in [0.29, 0.717) is 29.7 Å². The number of nitrogens with one attached hydrogen (secondary N) is 1. The van der Waals surface area contributed by atoms with E-state index in [-0.39, 0.29) is 36.9 Å². The first kappa shape index (κ1) is 27.4. The molecule has 0 aliphatic rings. The van der Waals surface area contributed by atoms with Crippen LogP contribution in [0.2, 0.25) is 5.02 Å². The van der Waals surface area contributed by atoms with Gasteiger partial charge in [-0.2, -0.15) is 5.10 Å². The molecule has 0 saturated heterocycles. The molecule has 0 fully saturated rings. The molecule has 1 N–H and O–H groups in total. The zero-order valence-corrected chi connectivity index (χ0v) is 21.9. The zero-order chi connectivity index (χ0) is 26.1. The first-order chi connectivity index (χ1) is 17.2. The second-order valence-corrected chi connectivity index (χ2v) is 9.77. The lowest BCUT2D eigenvalue weighted by Crippen LogP contribution is -2.42. The molecular weight excluding hydrogens is 480 g/mol. The Labute approximate surface area is 217 Å². The smallest absolute Gasteiger partial charge is 0.249 e. The molecule has 2 amide bonds. The van der Waals surface area contributed by atoms with Gasteiger partial charge in [0.25, 0.3) is 0 Å². The van der Waals surface area contributed by atoms with Gasteiger partial charge < -0.3 is 19.7 Å². The summed E-state index contributed by atoms with van der Waals surface area (Å²) in [7, 11) is 1.55. The summed E-state index contributed by atoms with van der Waals surface area (Å²) < 4.78 is 12.3. The molecule has 8 nitrogen and oxygen atoms in total. The van der Waals surface area contributed by atoms with Crippen LogP contribution in [0.25, 0.3) is 5.69 Å². The van der Waals surface area contributed by atoms with E-state index >= 15 is 0 Å². The van der Waals surface area contributed by atoms with Gasteiger partial charge in [0.15, 0.2) is 0 Å². The fourth-order valence-electron chi connectivity index (χ4n) is 3.41. The topological polar surface area (TPSA) is 85.7 Å². The summed E-state index contributed by atoms with van der Waals surface area (Å²) >= 11 is 6.41. The average Bonchev–Trinajstić information content (AvgIpc) is 3.26. The van der Waals surface area contributed by atoms with Crippen molar-refractivity contribution in [3.05, 3.63) is 76.9 Å². The van der Waals surface area contributed by atoms with Gasteiger partial charge in [0.1, 0.15) is 19.0 Å². The minimum absolute atomic E-state index is 0.141. The molecule has 0 atom stereocenters. The molecule has 0 bridgehead atoms. The van der Waals surface area contributed by atoms with Crippen LogP contribution in [0.5, 0.6) is 0 Å². The van der Waals surface area contributed by atoms with Crippen molar-refractivity contribution < 1.29 is 19.1 Å². The molecule has 0 unspecified atom stereocenters. The van der Waals surface area contributed by atoms with Gasteiger partial charge >= 0.3 is 0 Å². The lowest BCUT2D eigenvalue weighted by atomic mass is 9.92. The normalized spacial score (nSPS) is 11.4. The first-order valence-corrected chi connectivity index (χ1v) is 12.1. The molecule has 0 aliphatic carbocycles. The Kier molecular flexibility index (Phi) is 9.64. The van der Waals surface area contributed by atoms with Gasteiger partial charge in [0.05, 0.1) is 29.6 Å². The van der Waals surface area contributed by atoms with Crippen molar-refractivity contribution in [2.24, 2.45) is 0 Å². The van der Waals surface area contributed by atoms with Crippen molar-refractivity contribution in [3.8, 4) is 5.69 Å². The molecule has 36 heavy (non-hydrogen) atoms. The van der Waals surface area contributed by atoms with Crippen LogP contribution in [0.4, 0.5) is 5.82 Å². The molecule has 192 valence electrons. The number of amides is 2. The minimum atomic E-state index is -0.365. The van der Waals surface area contributed by atoms with Crippen LogP contribution in [0, 0.1) is 0 Å². The second kappa shape index (κ2) is 12.7. The number of methoxy groups -OCH3 is 1. The molecule has 1 heterocycles. The molecule has 0 spiro atoms. The Morgan fingerprint density at radius 1 is 1.08 bits per heavy atom. The summed E-state index contributed by atoms with van der Waals surface area (Å²) in [5.41, 5.74) is 2.16. The van der Waals surface area contributed by atoms with Crippen molar-refractivity contribution in [1.82, 2.24) is 14.7 Å². The monoisotopic (exact) mass is 512 g/mol. The van der Waals surface area contributed by atoms with Crippen LogP contribution in [-0.2, 0) is 31.1 Å². The standard InChI is InChI=1S/C27H33ClN4O4/c1-27(2,3)23-16-24(32(30-23)22-13-9-8-12-21(22)28)29-25(33)17-31(14-15-35-4)26(34)19-36-18-20-10-6-5-7-11-20/h5-13,16H,14-15,17-19H2,1-4H3,(H,29,33). The van der Waals surface area contributed by atoms with E-state index in [9.17, 15) is 9.59 Å². The van der Waals surface area contributed by atoms with E-state index in [2.05, 4.69) is 5.32 Å². The van der Waals surface area contributed by atoms with Gasteiger partial charge in [-0.15, -0.1) is 0 Å². The van der Waals surface area contributed by atoms with E-state index in [4.69, 9.17) is 26.2 Å². The summed E-state index contributed by atoms with van der Waals surface area (Å²) in [6.07, 6.45) is 0.